The molecule has 3 aromatic rings. The van der Waals surface area contributed by atoms with Crippen LogP contribution in [0.1, 0.15) is 35.0 Å². The van der Waals surface area contributed by atoms with Gasteiger partial charge in [0.05, 0.1) is 18.9 Å². The predicted molar refractivity (Wildman–Crippen MR) is 101 cm³/mol. The molecule has 0 saturated carbocycles. The molecule has 140 valence electrons. The smallest absolute Gasteiger partial charge is 0.283 e. The highest BCUT2D eigenvalue weighted by molar-refractivity contribution is 9.10. The van der Waals surface area contributed by atoms with Crippen LogP contribution in [-0.4, -0.2) is 41.2 Å². The van der Waals surface area contributed by atoms with Crippen molar-refractivity contribution in [3.63, 3.8) is 0 Å². The number of hydrogen-bond acceptors (Lipinski definition) is 6. The summed E-state index contributed by atoms with van der Waals surface area (Å²) in [5, 5.41) is 8.21. The molecule has 3 heterocycles. The first-order valence-electron chi connectivity index (χ1n) is 8.66. The number of carbonyl (C=O) groups excluding carboxylic acids is 1. The van der Waals surface area contributed by atoms with Crippen LogP contribution in [0.25, 0.3) is 11.7 Å². The molecule has 0 N–H and O–H groups in total. The maximum atomic E-state index is 12.9. The average molecular weight is 432 g/mol. The van der Waals surface area contributed by atoms with Crippen molar-refractivity contribution in [2.24, 2.45) is 0 Å². The highest BCUT2D eigenvalue weighted by Crippen LogP contribution is 2.31. The normalized spacial score (nSPS) is 15.1. The number of benzene rings is 1. The van der Waals surface area contributed by atoms with Crippen LogP contribution >= 0.6 is 15.9 Å². The lowest BCUT2D eigenvalue weighted by molar-refractivity contribution is 0.0705. The van der Waals surface area contributed by atoms with E-state index in [1.54, 1.807) is 31.6 Å². The average Bonchev–Trinajstić information content (AvgIpc) is 3.40. The molecule has 1 aliphatic rings. The topological polar surface area (TPSA) is 81.6 Å². The minimum Gasteiger partial charge on any atom is -0.497 e. The van der Waals surface area contributed by atoms with E-state index in [-0.39, 0.29) is 11.8 Å². The first kappa shape index (κ1) is 17.8. The molecule has 1 fully saturated rings. The second-order valence-corrected chi connectivity index (χ2v) is 7.19. The Kier molecular flexibility index (Phi) is 4.98. The molecule has 4 rings (SSSR count). The lowest BCUT2D eigenvalue weighted by Crippen LogP contribution is -2.38. The molecule has 7 nitrogen and oxygen atoms in total. The fourth-order valence-corrected chi connectivity index (χ4v) is 3.61. The van der Waals surface area contributed by atoms with Gasteiger partial charge in [0.15, 0.2) is 5.76 Å². The third-order valence-corrected chi connectivity index (χ3v) is 5.40. The fraction of sp³-hybridized carbons (Fsp3) is 0.316. The van der Waals surface area contributed by atoms with Crippen LogP contribution in [0.15, 0.2) is 49.9 Å². The number of piperidine rings is 1. The number of ether oxygens (including phenoxy) is 1. The van der Waals surface area contributed by atoms with Gasteiger partial charge >= 0.3 is 0 Å². The summed E-state index contributed by atoms with van der Waals surface area (Å²) in [7, 11) is 1.59. The summed E-state index contributed by atoms with van der Waals surface area (Å²) in [4.78, 5) is 14.7. The maximum Gasteiger partial charge on any atom is 0.283 e. The molecule has 8 heteroatoms. The second-order valence-electron chi connectivity index (χ2n) is 6.34. The third kappa shape index (κ3) is 3.62. The predicted octanol–water partition coefficient (Wildman–Crippen LogP) is 4.12. The van der Waals surface area contributed by atoms with Crippen LogP contribution in [-0.2, 0) is 0 Å². The molecule has 1 aromatic carbocycles. The molecular formula is C19H18BrN3O4. The van der Waals surface area contributed by atoms with E-state index in [4.69, 9.17) is 13.6 Å². The monoisotopic (exact) mass is 431 g/mol. The van der Waals surface area contributed by atoms with Crippen molar-refractivity contribution >= 4 is 21.8 Å². The van der Waals surface area contributed by atoms with Gasteiger partial charge in [0, 0.05) is 23.5 Å². The Bertz CT molecular complexity index is 930. The van der Waals surface area contributed by atoms with Crippen LogP contribution in [0.4, 0.5) is 0 Å². The van der Waals surface area contributed by atoms with Crippen LogP contribution in [0.5, 0.6) is 5.75 Å². The lowest BCUT2D eigenvalue weighted by Gasteiger charge is -2.30. The molecule has 0 spiro atoms. The molecule has 0 bridgehead atoms. The molecule has 1 amide bonds. The third-order valence-electron chi connectivity index (χ3n) is 4.71. The number of halogens is 1. The van der Waals surface area contributed by atoms with Gasteiger partial charge < -0.3 is 18.5 Å². The van der Waals surface area contributed by atoms with Crippen LogP contribution < -0.4 is 4.74 Å². The number of nitrogens with zero attached hydrogens (tertiary/aromatic N) is 3. The van der Waals surface area contributed by atoms with E-state index < -0.39 is 0 Å². The lowest BCUT2D eigenvalue weighted by atomic mass is 9.96. The van der Waals surface area contributed by atoms with E-state index in [0.29, 0.717) is 41.9 Å². The number of methoxy groups -OCH3 is 1. The summed E-state index contributed by atoms with van der Waals surface area (Å²) in [6, 6.07) is 8.96. The fourth-order valence-electron chi connectivity index (χ4n) is 3.19. The number of furan rings is 1. The standard InChI is InChI=1S/C19H18BrN3O4/c1-25-13-4-5-15(20)14(11-13)19(24)23-8-6-12(7-9-23)17-21-22-18(27-17)16-3-2-10-26-16/h2-5,10-12H,6-9H2,1H3. The molecule has 0 radical (unpaired) electrons. The van der Waals surface area contributed by atoms with Gasteiger partial charge in [-0.3, -0.25) is 4.79 Å². The summed E-state index contributed by atoms with van der Waals surface area (Å²) < 4.78 is 17.0. The molecule has 0 aliphatic carbocycles. The largest absolute Gasteiger partial charge is 0.497 e. The zero-order valence-electron chi connectivity index (χ0n) is 14.7. The number of hydrogen-bond donors (Lipinski definition) is 0. The van der Waals surface area contributed by atoms with Gasteiger partial charge in [-0.15, -0.1) is 10.2 Å². The summed E-state index contributed by atoms with van der Waals surface area (Å²) in [6.07, 6.45) is 3.11. The van der Waals surface area contributed by atoms with Gasteiger partial charge in [-0.1, -0.05) is 0 Å². The summed E-state index contributed by atoms with van der Waals surface area (Å²) >= 11 is 3.45. The highest BCUT2D eigenvalue weighted by atomic mass is 79.9. The Morgan fingerprint density at radius 3 is 2.78 bits per heavy atom. The van der Waals surface area contributed by atoms with Gasteiger partial charge in [0.25, 0.3) is 11.8 Å². The van der Waals surface area contributed by atoms with E-state index in [1.807, 2.05) is 17.0 Å². The summed E-state index contributed by atoms with van der Waals surface area (Å²) in [6.45, 7) is 1.26. The first-order valence-corrected chi connectivity index (χ1v) is 9.45. The van der Waals surface area contributed by atoms with Crippen LogP contribution in [0.3, 0.4) is 0 Å². The van der Waals surface area contributed by atoms with E-state index in [2.05, 4.69) is 26.1 Å². The minimum absolute atomic E-state index is 0.0129. The number of amides is 1. The minimum atomic E-state index is -0.0129. The van der Waals surface area contributed by atoms with E-state index in [9.17, 15) is 4.79 Å². The number of likely N-dealkylation sites (tertiary alicyclic amines) is 1. The molecule has 1 aliphatic heterocycles. The van der Waals surface area contributed by atoms with Gasteiger partial charge in [-0.2, -0.15) is 0 Å². The zero-order chi connectivity index (χ0) is 18.8. The molecule has 1 saturated heterocycles. The maximum absolute atomic E-state index is 12.9. The molecule has 2 aromatic heterocycles. The zero-order valence-corrected chi connectivity index (χ0v) is 16.3. The number of carbonyl (C=O) groups is 1. The molecule has 27 heavy (non-hydrogen) atoms. The summed E-state index contributed by atoms with van der Waals surface area (Å²) in [5.41, 5.74) is 0.602. The van der Waals surface area contributed by atoms with Crippen LogP contribution in [0, 0.1) is 0 Å². The SMILES string of the molecule is COc1ccc(Br)c(C(=O)N2CCC(c3nnc(-c4ccco4)o3)CC2)c1. The van der Waals surface area contributed by atoms with Gasteiger partial charge in [-0.25, -0.2) is 0 Å². The van der Waals surface area contributed by atoms with E-state index >= 15 is 0 Å². The Morgan fingerprint density at radius 1 is 1.26 bits per heavy atom. The Morgan fingerprint density at radius 2 is 2.07 bits per heavy atom. The first-order chi connectivity index (χ1) is 13.2. The van der Waals surface area contributed by atoms with E-state index in [0.717, 1.165) is 17.3 Å². The molecule has 0 atom stereocenters. The van der Waals surface area contributed by atoms with Gasteiger partial charge in [-0.05, 0) is 59.1 Å². The van der Waals surface area contributed by atoms with Crippen molar-refractivity contribution in [3.8, 4) is 17.4 Å². The van der Waals surface area contributed by atoms with Crippen molar-refractivity contribution < 1.29 is 18.4 Å². The highest BCUT2D eigenvalue weighted by Gasteiger charge is 2.29. The molecular weight excluding hydrogens is 414 g/mol. The Hall–Kier alpha value is -2.61. The summed E-state index contributed by atoms with van der Waals surface area (Å²) in [5.74, 6) is 2.32. The Balaban J connectivity index is 1.42. The van der Waals surface area contributed by atoms with Gasteiger partial charge in [0.2, 0.25) is 5.89 Å². The number of aromatic nitrogens is 2. The quantitative estimate of drug-likeness (QED) is 0.617. The van der Waals surface area contributed by atoms with Crippen molar-refractivity contribution in [2.75, 3.05) is 20.2 Å². The number of rotatable bonds is 4. The van der Waals surface area contributed by atoms with Gasteiger partial charge in [0.1, 0.15) is 5.75 Å². The second kappa shape index (κ2) is 7.56. The van der Waals surface area contributed by atoms with Crippen molar-refractivity contribution in [1.29, 1.82) is 0 Å². The van der Waals surface area contributed by atoms with Crippen molar-refractivity contribution in [2.45, 2.75) is 18.8 Å². The molecule has 0 unspecified atom stereocenters. The van der Waals surface area contributed by atoms with E-state index in [1.165, 1.54) is 0 Å². The van der Waals surface area contributed by atoms with Crippen molar-refractivity contribution in [3.05, 3.63) is 52.5 Å². The van der Waals surface area contributed by atoms with Crippen molar-refractivity contribution in [1.82, 2.24) is 15.1 Å². The van der Waals surface area contributed by atoms with Crippen LogP contribution in [0.2, 0.25) is 0 Å². The Labute approximate surface area is 164 Å².